The number of hydrogen-bond acceptors (Lipinski definition) is 2. The first-order valence-corrected chi connectivity index (χ1v) is 5.78. The Morgan fingerprint density at radius 2 is 2.27 bits per heavy atom. The smallest absolute Gasteiger partial charge is 0.122 e. The second kappa shape index (κ2) is 3.53. The molecule has 0 aliphatic carbocycles. The molecule has 2 aliphatic heterocycles. The van der Waals surface area contributed by atoms with Crippen LogP contribution in [0.5, 0.6) is 5.75 Å². The Kier molecular flexibility index (Phi) is 2.17. The van der Waals surface area contributed by atoms with Crippen LogP contribution in [-0.4, -0.2) is 19.7 Å². The van der Waals surface area contributed by atoms with Crippen LogP contribution in [-0.2, 0) is 0 Å². The van der Waals surface area contributed by atoms with Crippen molar-refractivity contribution >= 4 is 0 Å². The lowest BCUT2D eigenvalue weighted by atomic mass is 9.87. The number of aryl methyl sites for hydroxylation is 1. The van der Waals surface area contributed by atoms with Gasteiger partial charge in [0.05, 0.1) is 6.61 Å². The number of rotatable bonds is 0. The summed E-state index contributed by atoms with van der Waals surface area (Å²) < 4.78 is 5.81. The first-order chi connectivity index (χ1) is 7.34. The summed E-state index contributed by atoms with van der Waals surface area (Å²) in [6.45, 7) is 5.30. The maximum absolute atomic E-state index is 5.81. The van der Waals surface area contributed by atoms with Crippen LogP contribution in [0.3, 0.4) is 0 Å². The minimum absolute atomic E-state index is 0.669. The quantitative estimate of drug-likeness (QED) is 0.697. The lowest BCUT2D eigenvalue weighted by molar-refractivity contribution is 0.296. The third-order valence-corrected chi connectivity index (χ3v) is 3.65. The minimum atomic E-state index is 0.669. The van der Waals surface area contributed by atoms with E-state index in [1.54, 1.807) is 0 Å². The van der Waals surface area contributed by atoms with Crippen LogP contribution in [0.2, 0.25) is 0 Å². The Labute approximate surface area is 90.6 Å². The SMILES string of the molecule is Cc1ccc2c(c1)[C@H]1CNC[C@@H]1CCO2. The van der Waals surface area contributed by atoms with Crippen molar-refractivity contribution in [3.8, 4) is 5.75 Å². The number of ether oxygens (including phenoxy) is 1. The van der Waals surface area contributed by atoms with Gasteiger partial charge in [0.15, 0.2) is 0 Å². The normalized spacial score (nSPS) is 28.9. The van der Waals surface area contributed by atoms with E-state index in [0.717, 1.165) is 31.4 Å². The molecule has 2 nitrogen and oxygen atoms in total. The van der Waals surface area contributed by atoms with Gasteiger partial charge in [0.2, 0.25) is 0 Å². The van der Waals surface area contributed by atoms with Gasteiger partial charge in [-0.2, -0.15) is 0 Å². The molecule has 1 saturated heterocycles. The molecule has 0 saturated carbocycles. The fraction of sp³-hybridized carbons (Fsp3) is 0.538. The van der Waals surface area contributed by atoms with Crippen LogP contribution in [0.15, 0.2) is 18.2 Å². The molecule has 1 fully saturated rings. The predicted molar refractivity (Wildman–Crippen MR) is 60.4 cm³/mol. The fourth-order valence-corrected chi connectivity index (χ4v) is 2.81. The van der Waals surface area contributed by atoms with Crippen LogP contribution >= 0.6 is 0 Å². The maximum atomic E-state index is 5.81. The molecule has 0 amide bonds. The molecule has 2 aliphatic rings. The van der Waals surface area contributed by atoms with E-state index in [-0.39, 0.29) is 0 Å². The molecule has 2 heterocycles. The molecule has 0 unspecified atom stereocenters. The van der Waals surface area contributed by atoms with E-state index in [0.29, 0.717) is 5.92 Å². The van der Waals surface area contributed by atoms with Crippen molar-refractivity contribution in [1.29, 1.82) is 0 Å². The van der Waals surface area contributed by atoms with E-state index in [2.05, 4.69) is 30.4 Å². The average Bonchev–Trinajstić information content (AvgIpc) is 2.62. The van der Waals surface area contributed by atoms with Gasteiger partial charge < -0.3 is 10.1 Å². The van der Waals surface area contributed by atoms with Gasteiger partial charge in [-0.15, -0.1) is 0 Å². The van der Waals surface area contributed by atoms with Gasteiger partial charge >= 0.3 is 0 Å². The van der Waals surface area contributed by atoms with Crippen molar-refractivity contribution in [3.05, 3.63) is 29.3 Å². The Morgan fingerprint density at radius 3 is 3.20 bits per heavy atom. The molecule has 0 aromatic heterocycles. The van der Waals surface area contributed by atoms with E-state index in [1.165, 1.54) is 17.5 Å². The van der Waals surface area contributed by atoms with Gasteiger partial charge in [-0.25, -0.2) is 0 Å². The molecular weight excluding hydrogens is 186 g/mol. The molecule has 1 aromatic rings. The highest BCUT2D eigenvalue weighted by atomic mass is 16.5. The van der Waals surface area contributed by atoms with E-state index in [4.69, 9.17) is 4.74 Å². The summed E-state index contributed by atoms with van der Waals surface area (Å²) in [6.07, 6.45) is 1.19. The van der Waals surface area contributed by atoms with Gasteiger partial charge in [-0.05, 0) is 37.4 Å². The van der Waals surface area contributed by atoms with E-state index in [9.17, 15) is 0 Å². The molecular formula is C13H17NO. The first-order valence-electron chi connectivity index (χ1n) is 5.78. The summed E-state index contributed by atoms with van der Waals surface area (Å²) in [5.41, 5.74) is 2.76. The molecule has 1 N–H and O–H groups in total. The molecule has 2 atom stereocenters. The highest BCUT2D eigenvalue weighted by molar-refractivity contribution is 5.41. The number of hydrogen-bond donors (Lipinski definition) is 1. The third-order valence-electron chi connectivity index (χ3n) is 3.65. The summed E-state index contributed by atoms with van der Waals surface area (Å²) in [5, 5.41) is 3.50. The lowest BCUT2D eigenvalue weighted by Gasteiger charge is -2.16. The number of benzene rings is 1. The average molecular weight is 203 g/mol. The van der Waals surface area contributed by atoms with Gasteiger partial charge in [0.1, 0.15) is 5.75 Å². The van der Waals surface area contributed by atoms with Crippen molar-refractivity contribution in [2.45, 2.75) is 19.3 Å². The zero-order valence-corrected chi connectivity index (χ0v) is 9.12. The van der Waals surface area contributed by atoms with Crippen molar-refractivity contribution in [1.82, 2.24) is 5.32 Å². The second-order valence-corrected chi connectivity index (χ2v) is 4.70. The summed E-state index contributed by atoms with van der Waals surface area (Å²) in [7, 11) is 0. The van der Waals surface area contributed by atoms with Crippen molar-refractivity contribution in [2.24, 2.45) is 5.92 Å². The Morgan fingerprint density at radius 1 is 1.33 bits per heavy atom. The number of nitrogens with one attached hydrogen (secondary N) is 1. The van der Waals surface area contributed by atoms with Crippen LogP contribution in [0, 0.1) is 12.8 Å². The monoisotopic (exact) mass is 203 g/mol. The van der Waals surface area contributed by atoms with E-state index < -0.39 is 0 Å². The summed E-state index contributed by atoms with van der Waals surface area (Å²) in [5.74, 6) is 2.55. The maximum Gasteiger partial charge on any atom is 0.122 e. The van der Waals surface area contributed by atoms with E-state index in [1.807, 2.05) is 0 Å². The first kappa shape index (κ1) is 9.22. The zero-order chi connectivity index (χ0) is 10.3. The highest BCUT2D eigenvalue weighted by Crippen LogP contribution is 2.38. The minimum Gasteiger partial charge on any atom is -0.493 e. The highest BCUT2D eigenvalue weighted by Gasteiger charge is 2.32. The van der Waals surface area contributed by atoms with Crippen molar-refractivity contribution in [2.75, 3.05) is 19.7 Å². The molecule has 0 spiro atoms. The Balaban J connectivity index is 2.06. The predicted octanol–water partition coefficient (Wildman–Crippen LogP) is 2.08. The fourth-order valence-electron chi connectivity index (χ4n) is 2.81. The number of fused-ring (bicyclic) bond motifs is 3. The molecule has 0 bridgehead atoms. The standard InChI is InChI=1S/C13H17NO/c1-9-2-3-13-11(6-9)12-8-14-7-10(12)4-5-15-13/h2-3,6,10,12,14H,4-5,7-8H2,1H3/t10-,12-/m0/s1. The Bertz CT molecular complexity index is 375. The molecule has 80 valence electrons. The third kappa shape index (κ3) is 1.53. The van der Waals surface area contributed by atoms with Gasteiger partial charge in [-0.3, -0.25) is 0 Å². The second-order valence-electron chi connectivity index (χ2n) is 4.70. The van der Waals surface area contributed by atoms with Gasteiger partial charge in [0.25, 0.3) is 0 Å². The van der Waals surface area contributed by atoms with Crippen molar-refractivity contribution < 1.29 is 4.74 Å². The topological polar surface area (TPSA) is 21.3 Å². The molecule has 3 rings (SSSR count). The van der Waals surface area contributed by atoms with Gasteiger partial charge in [-0.1, -0.05) is 17.7 Å². The summed E-state index contributed by atoms with van der Waals surface area (Å²) in [6, 6.07) is 6.57. The summed E-state index contributed by atoms with van der Waals surface area (Å²) >= 11 is 0. The largest absolute Gasteiger partial charge is 0.493 e. The lowest BCUT2D eigenvalue weighted by Crippen LogP contribution is -2.11. The van der Waals surface area contributed by atoms with Crippen LogP contribution in [0.25, 0.3) is 0 Å². The molecule has 15 heavy (non-hydrogen) atoms. The Hall–Kier alpha value is -1.02. The van der Waals surface area contributed by atoms with E-state index >= 15 is 0 Å². The van der Waals surface area contributed by atoms with Crippen molar-refractivity contribution in [3.63, 3.8) is 0 Å². The van der Waals surface area contributed by atoms with Gasteiger partial charge in [0, 0.05) is 12.5 Å². The molecule has 1 aromatic carbocycles. The van der Waals surface area contributed by atoms with Crippen LogP contribution in [0.1, 0.15) is 23.5 Å². The van der Waals surface area contributed by atoms with Crippen LogP contribution < -0.4 is 10.1 Å². The molecule has 0 radical (unpaired) electrons. The zero-order valence-electron chi connectivity index (χ0n) is 9.12. The molecule has 2 heteroatoms. The van der Waals surface area contributed by atoms with Crippen LogP contribution in [0.4, 0.5) is 0 Å². The summed E-state index contributed by atoms with van der Waals surface area (Å²) in [4.78, 5) is 0.